The molecule has 0 aromatic heterocycles. The molecule has 2 unspecified atom stereocenters. The van der Waals surface area contributed by atoms with E-state index in [1.54, 1.807) is 12.1 Å². The van der Waals surface area contributed by atoms with Crippen LogP contribution in [0, 0.1) is 0 Å². The number of hydrogen-bond donors (Lipinski definition) is 4. The number of benzene rings is 2. The number of hydrogen-bond acceptors (Lipinski definition) is 7. The van der Waals surface area contributed by atoms with Gasteiger partial charge in [0.2, 0.25) is 0 Å². The molecule has 0 aliphatic carbocycles. The van der Waals surface area contributed by atoms with Crippen molar-refractivity contribution in [3.8, 4) is 23.0 Å². The predicted molar refractivity (Wildman–Crippen MR) is 127 cm³/mol. The summed E-state index contributed by atoms with van der Waals surface area (Å²) in [6, 6.07) is 6.87. The van der Waals surface area contributed by atoms with Gasteiger partial charge in [0.25, 0.3) is 0 Å². The van der Waals surface area contributed by atoms with Crippen molar-refractivity contribution in [1.82, 2.24) is 9.80 Å². The molecule has 7 nitrogen and oxygen atoms in total. The van der Waals surface area contributed by atoms with Crippen molar-refractivity contribution >= 4 is 0 Å². The summed E-state index contributed by atoms with van der Waals surface area (Å²) < 4.78 is 6.77. The van der Waals surface area contributed by atoms with E-state index < -0.39 is 0 Å². The lowest BCUT2D eigenvalue weighted by Crippen LogP contribution is -2.54. The average molecular weight is 457 g/mol. The molecule has 2 aliphatic heterocycles. The van der Waals surface area contributed by atoms with Gasteiger partial charge in [-0.15, -0.1) is 0 Å². The van der Waals surface area contributed by atoms with E-state index in [-0.39, 0.29) is 35.5 Å². The highest BCUT2D eigenvalue weighted by molar-refractivity contribution is 5.50. The van der Waals surface area contributed by atoms with E-state index in [1.807, 2.05) is 26.0 Å². The lowest BCUT2D eigenvalue weighted by Gasteiger charge is -2.44. The third kappa shape index (κ3) is 4.90. The fourth-order valence-electron chi connectivity index (χ4n) is 4.84. The van der Waals surface area contributed by atoms with Gasteiger partial charge < -0.3 is 25.2 Å². The van der Waals surface area contributed by atoms with Crippen LogP contribution in [-0.2, 0) is 30.4 Å². The van der Waals surface area contributed by atoms with Crippen LogP contribution in [0.1, 0.15) is 48.9 Å². The predicted octanol–water partition coefficient (Wildman–Crippen LogP) is 3.50. The largest absolute Gasteiger partial charge is 0.504 e. The van der Waals surface area contributed by atoms with Crippen LogP contribution in [0.3, 0.4) is 0 Å². The summed E-state index contributed by atoms with van der Waals surface area (Å²) in [6.45, 7) is 7.85. The zero-order valence-corrected chi connectivity index (χ0v) is 19.6. The van der Waals surface area contributed by atoms with Gasteiger partial charge in [0.1, 0.15) is 12.5 Å². The third-order valence-electron chi connectivity index (χ3n) is 7.12. The fourth-order valence-corrected chi connectivity index (χ4v) is 4.84. The molecule has 2 atom stereocenters. The molecule has 2 aromatic carbocycles. The Balaban J connectivity index is 1.59. The Bertz CT molecular complexity index is 894. The molecule has 2 aliphatic rings. The molecule has 7 heteroatoms. The minimum absolute atomic E-state index is 0.0381. The van der Waals surface area contributed by atoms with Crippen molar-refractivity contribution in [3.63, 3.8) is 0 Å². The van der Waals surface area contributed by atoms with Crippen molar-refractivity contribution in [2.45, 2.75) is 64.8 Å². The maximum Gasteiger partial charge on any atom is 0.160 e. The molecule has 4 N–H and O–H groups in total. The Morgan fingerprint density at radius 1 is 0.697 bits per heavy atom. The second-order valence-corrected chi connectivity index (χ2v) is 9.08. The van der Waals surface area contributed by atoms with Crippen LogP contribution in [0.4, 0.5) is 0 Å². The molecule has 2 aromatic rings. The molecule has 0 radical (unpaired) electrons. The smallest absolute Gasteiger partial charge is 0.160 e. The monoisotopic (exact) mass is 456 g/mol. The van der Waals surface area contributed by atoms with E-state index in [0.717, 1.165) is 61.3 Å². The third-order valence-corrected chi connectivity index (χ3v) is 7.12. The van der Waals surface area contributed by atoms with Gasteiger partial charge in [-0.3, -0.25) is 9.80 Å². The van der Waals surface area contributed by atoms with Gasteiger partial charge in [-0.05, 0) is 48.9 Å². The van der Waals surface area contributed by atoms with E-state index in [2.05, 4.69) is 9.80 Å². The molecular weight excluding hydrogens is 420 g/mol. The first-order valence-electron chi connectivity index (χ1n) is 12.1. The Kier molecular flexibility index (Phi) is 7.32. The van der Waals surface area contributed by atoms with Crippen molar-refractivity contribution < 1.29 is 25.2 Å². The van der Waals surface area contributed by atoms with Crippen LogP contribution in [0.2, 0.25) is 0 Å². The fraction of sp³-hybridized carbons (Fsp3) is 0.538. The van der Waals surface area contributed by atoms with Crippen LogP contribution >= 0.6 is 0 Å². The van der Waals surface area contributed by atoms with Crippen LogP contribution in [0.25, 0.3) is 0 Å². The average Bonchev–Trinajstić information content (AvgIpc) is 2.71. The Morgan fingerprint density at radius 3 is 1.39 bits per heavy atom. The summed E-state index contributed by atoms with van der Waals surface area (Å²) in [5.74, 6) is -0.253. The molecule has 33 heavy (non-hydrogen) atoms. The van der Waals surface area contributed by atoms with Crippen LogP contribution in [0.15, 0.2) is 24.3 Å². The number of ether oxygens (including phenoxy) is 1. The molecule has 2 heterocycles. The summed E-state index contributed by atoms with van der Waals surface area (Å²) in [5.41, 5.74) is 3.51. The van der Waals surface area contributed by atoms with E-state index in [9.17, 15) is 20.4 Å². The van der Waals surface area contributed by atoms with E-state index in [0.29, 0.717) is 25.7 Å². The summed E-state index contributed by atoms with van der Waals surface area (Å²) in [5, 5.41) is 40.6. The molecule has 0 saturated carbocycles. The highest BCUT2D eigenvalue weighted by atomic mass is 16.5. The maximum atomic E-state index is 10.4. The Morgan fingerprint density at radius 2 is 1.09 bits per heavy atom. The second kappa shape index (κ2) is 10.2. The highest BCUT2D eigenvalue weighted by Crippen LogP contribution is 2.35. The second-order valence-electron chi connectivity index (χ2n) is 9.08. The van der Waals surface area contributed by atoms with Crippen molar-refractivity contribution in [2.75, 3.05) is 26.2 Å². The number of nitrogens with zero attached hydrogens (tertiary/aromatic N) is 2. The molecule has 2 fully saturated rings. The van der Waals surface area contributed by atoms with Crippen LogP contribution in [0.5, 0.6) is 23.0 Å². The summed E-state index contributed by atoms with van der Waals surface area (Å²) in [4.78, 5) is 4.65. The quantitative estimate of drug-likeness (QED) is 0.406. The number of phenols is 4. The normalized spacial score (nSPS) is 18.5. The zero-order valence-electron chi connectivity index (χ0n) is 19.6. The molecule has 2 saturated heterocycles. The number of rotatable bonds is 10. The van der Waals surface area contributed by atoms with Gasteiger partial charge >= 0.3 is 0 Å². The van der Waals surface area contributed by atoms with Gasteiger partial charge in [-0.1, -0.05) is 26.0 Å². The van der Waals surface area contributed by atoms with Gasteiger partial charge in [0.05, 0.1) is 0 Å². The first-order chi connectivity index (χ1) is 15.9. The first kappa shape index (κ1) is 23.7. The molecular formula is C26H36N2O5. The molecule has 4 rings (SSSR count). The summed E-state index contributed by atoms with van der Waals surface area (Å²) in [7, 11) is 0. The van der Waals surface area contributed by atoms with Gasteiger partial charge in [-0.25, -0.2) is 0 Å². The van der Waals surface area contributed by atoms with Crippen LogP contribution in [-0.4, -0.2) is 68.9 Å². The SMILES string of the molecule is CCc1c(CC(OC(Cc2ccc(O)c(O)c2CC)N2CCC2)N2CCC2)ccc(O)c1O. The molecule has 180 valence electrons. The van der Waals surface area contributed by atoms with Crippen LogP contribution < -0.4 is 0 Å². The lowest BCUT2D eigenvalue weighted by molar-refractivity contribution is -0.178. The van der Waals surface area contributed by atoms with Crippen molar-refractivity contribution in [2.24, 2.45) is 0 Å². The summed E-state index contributed by atoms with van der Waals surface area (Å²) >= 11 is 0. The van der Waals surface area contributed by atoms with Crippen molar-refractivity contribution in [3.05, 3.63) is 46.5 Å². The molecule has 0 amide bonds. The number of aromatic hydroxyl groups is 4. The van der Waals surface area contributed by atoms with Gasteiger partial charge in [-0.2, -0.15) is 0 Å². The minimum Gasteiger partial charge on any atom is -0.504 e. The van der Waals surface area contributed by atoms with E-state index in [4.69, 9.17) is 4.74 Å². The van der Waals surface area contributed by atoms with Gasteiger partial charge in [0, 0.05) is 50.1 Å². The number of likely N-dealkylation sites (tertiary alicyclic amines) is 2. The van der Waals surface area contributed by atoms with Gasteiger partial charge in [0.15, 0.2) is 23.0 Å². The molecule has 0 spiro atoms. The Hall–Kier alpha value is -2.48. The highest BCUT2D eigenvalue weighted by Gasteiger charge is 2.33. The first-order valence-corrected chi connectivity index (χ1v) is 12.1. The Labute approximate surface area is 195 Å². The van der Waals surface area contributed by atoms with E-state index >= 15 is 0 Å². The topological polar surface area (TPSA) is 96.6 Å². The van der Waals surface area contributed by atoms with Crippen molar-refractivity contribution in [1.29, 1.82) is 0 Å². The zero-order chi connectivity index (χ0) is 23.5. The standard InChI is InChI=1S/C26H36N2O5/c1-3-19-17(7-9-21(29)25(19)31)15-23(27-11-5-12-27)33-24(28-13-6-14-28)16-18-8-10-22(30)26(32)20(18)4-2/h7-10,23-24,29-32H,3-6,11-16H2,1-2H3. The molecule has 0 bridgehead atoms. The van der Waals surface area contributed by atoms with E-state index in [1.165, 1.54) is 0 Å². The minimum atomic E-state index is -0.144. The summed E-state index contributed by atoms with van der Waals surface area (Å²) in [6.07, 6.45) is 4.51. The lowest BCUT2D eigenvalue weighted by atomic mass is 9.97. The maximum absolute atomic E-state index is 10.4. The number of phenolic OH excluding ortho intramolecular Hbond substituents is 4.